The first-order valence-corrected chi connectivity index (χ1v) is 11.8. The number of halogens is 1. The topological polar surface area (TPSA) is 121 Å². The molecule has 37 heavy (non-hydrogen) atoms. The number of aryl methyl sites for hydroxylation is 2. The number of hydrogen-bond acceptors (Lipinski definition) is 7. The molecule has 3 aromatic heterocycles. The van der Waals surface area contributed by atoms with Gasteiger partial charge in [-0.3, -0.25) is 4.79 Å². The van der Waals surface area contributed by atoms with Gasteiger partial charge in [0, 0.05) is 30.5 Å². The molecule has 9 nitrogen and oxygen atoms in total. The Kier molecular flexibility index (Phi) is 6.39. The van der Waals surface area contributed by atoms with Crippen LogP contribution in [0.2, 0.25) is 0 Å². The third kappa shape index (κ3) is 4.65. The molecule has 10 heteroatoms. The Bertz CT molecular complexity index is 1560. The maximum atomic E-state index is 15.3. The number of nitrogens with zero attached hydrogens (tertiary/aromatic N) is 5. The van der Waals surface area contributed by atoms with Crippen LogP contribution in [0.25, 0.3) is 27.7 Å². The molecule has 0 unspecified atom stereocenters. The van der Waals surface area contributed by atoms with Crippen molar-refractivity contribution < 1.29 is 13.9 Å². The Labute approximate surface area is 212 Å². The van der Waals surface area contributed by atoms with Gasteiger partial charge in [0.15, 0.2) is 11.6 Å². The number of aromatic nitrogens is 5. The van der Waals surface area contributed by atoms with Crippen LogP contribution in [0, 0.1) is 12.7 Å². The SMILES string of the molecule is C=CC(=O)N[C@@H]1CC=C(c2c(-c3ccc(Oc4nccc(C)n4)c(F)c3)c3c(N)ncnc3n2C)CC1. The molecule has 0 fully saturated rings. The summed E-state index contributed by atoms with van der Waals surface area (Å²) in [6.45, 7) is 5.32. The second kappa shape index (κ2) is 9.81. The van der Waals surface area contributed by atoms with E-state index in [1.54, 1.807) is 31.3 Å². The molecule has 1 atom stereocenters. The molecular formula is C27H26FN7O2. The minimum absolute atomic E-state index is 0.0121. The number of nitrogens with one attached hydrogen (secondary N) is 1. The van der Waals surface area contributed by atoms with Crippen molar-refractivity contribution >= 4 is 28.3 Å². The zero-order valence-electron chi connectivity index (χ0n) is 20.5. The molecule has 1 aliphatic rings. The first kappa shape index (κ1) is 24.1. The van der Waals surface area contributed by atoms with Gasteiger partial charge in [-0.15, -0.1) is 0 Å². The summed E-state index contributed by atoms with van der Waals surface area (Å²) in [5.41, 5.74) is 11.0. The molecule has 0 spiro atoms. The maximum Gasteiger partial charge on any atom is 0.322 e. The van der Waals surface area contributed by atoms with Gasteiger partial charge in [0.1, 0.15) is 17.8 Å². The highest BCUT2D eigenvalue weighted by atomic mass is 19.1. The quantitative estimate of drug-likeness (QED) is 0.375. The average Bonchev–Trinajstić information content (AvgIpc) is 3.19. The van der Waals surface area contributed by atoms with E-state index in [2.05, 4.69) is 37.9 Å². The first-order valence-electron chi connectivity index (χ1n) is 11.8. The van der Waals surface area contributed by atoms with E-state index >= 15 is 4.39 Å². The average molecular weight is 500 g/mol. The lowest BCUT2D eigenvalue weighted by molar-refractivity contribution is -0.117. The number of allylic oxidation sites excluding steroid dienone is 1. The van der Waals surface area contributed by atoms with Gasteiger partial charge in [0.25, 0.3) is 0 Å². The number of amides is 1. The van der Waals surface area contributed by atoms with Crippen molar-refractivity contribution in [1.29, 1.82) is 0 Å². The van der Waals surface area contributed by atoms with Gasteiger partial charge in [0.05, 0.1) is 11.1 Å². The third-order valence-electron chi connectivity index (χ3n) is 6.44. The van der Waals surface area contributed by atoms with Crippen LogP contribution in [-0.2, 0) is 11.8 Å². The summed E-state index contributed by atoms with van der Waals surface area (Å²) < 4.78 is 22.8. The molecule has 1 amide bonds. The first-order chi connectivity index (χ1) is 17.9. The molecule has 0 radical (unpaired) electrons. The second-order valence-electron chi connectivity index (χ2n) is 8.88. The predicted molar refractivity (Wildman–Crippen MR) is 139 cm³/mol. The molecular weight excluding hydrogens is 473 g/mol. The minimum atomic E-state index is -0.564. The van der Waals surface area contributed by atoms with E-state index in [0.29, 0.717) is 41.0 Å². The van der Waals surface area contributed by atoms with Gasteiger partial charge in [-0.05, 0) is 61.6 Å². The fourth-order valence-electron chi connectivity index (χ4n) is 4.69. The van der Waals surface area contributed by atoms with E-state index in [4.69, 9.17) is 10.5 Å². The largest absolute Gasteiger partial charge is 0.421 e. The molecule has 0 aliphatic heterocycles. The summed E-state index contributed by atoms with van der Waals surface area (Å²) in [4.78, 5) is 28.6. The lowest BCUT2D eigenvalue weighted by Gasteiger charge is -2.23. The van der Waals surface area contributed by atoms with Crippen LogP contribution >= 0.6 is 0 Å². The molecule has 0 saturated carbocycles. The standard InChI is InChI=1S/C27H26FN7O2/c1-4-21(36)34-18-8-5-16(6-9-18)24-22(23-25(29)31-14-32-26(23)35(24)3)17-7-10-20(19(28)13-17)37-27-30-12-11-15(2)33-27/h4-5,7,10-14,18H,1,6,8-9H2,2-3H3,(H,34,36)(H2,29,31,32)/t18-/m1/s1. The Morgan fingerprint density at radius 2 is 2.14 bits per heavy atom. The van der Waals surface area contributed by atoms with Crippen LogP contribution in [0.3, 0.4) is 0 Å². The van der Waals surface area contributed by atoms with Crippen molar-refractivity contribution in [3.63, 3.8) is 0 Å². The van der Waals surface area contributed by atoms with Crippen molar-refractivity contribution in [1.82, 2.24) is 29.8 Å². The van der Waals surface area contributed by atoms with Crippen molar-refractivity contribution in [2.75, 3.05) is 5.73 Å². The number of carbonyl (C=O) groups excluding carboxylic acids is 1. The Hall–Kier alpha value is -4.60. The number of carbonyl (C=O) groups is 1. The number of fused-ring (bicyclic) bond motifs is 1. The number of nitrogen functional groups attached to an aromatic ring is 1. The summed E-state index contributed by atoms with van der Waals surface area (Å²) in [5, 5.41) is 3.60. The van der Waals surface area contributed by atoms with Gasteiger partial charge in [-0.25, -0.2) is 24.3 Å². The Morgan fingerprint density at radius 3 is 2.84 bits per heavy atom. The fraction of sp³-hybridized carbons (Fsp3) is 0.222. The van der Waals surface area contributed by atoms with Crippen molar-refractivity contribution in [2.24, 2.45) is 7.05 Å². The van der Waals surface area contributed by atoms with Crippen molar-refractivity contribution in [3.05, 3.63) is 72.7 Å². The van der Waals surface area contributed by atoms with Crippen molar-refractivity contribution in [3.8, 4) is 22.9 Å². The lowest BCUT2D eigenvalue weighted by atomic mass is 9.89. The highest BCUT2D eigenvalue weighted by molar-refractivity contribution is 6.06. The van der Waals surface area contributed by atoms with E-state index in [-0.39, 0.29) is 23.7 Å². The molecule has 1 aliphatic carbocycles. The number of anilines is 1. The normalized spacial score (nSPS) is 15.3. The molecule has 0 bridgehead atoms. The van der Waals surface area contributed by atoms with E-state index in [0.717, 1.165) is 23.3 Å². The monoisotopic (exact) mass is 499 g/mol. The number of ether oxygens (including phenoxy) is 1. The lowest BCUT2D eigenvalue weighted by Crippen LogP contribution is -2.34. The Balaban J connectivity index is 1.58. The second-order valence-corrected chi connectivity index (χ2v) is 8.88. The molecule has 188 valence electrons. The van der Waals surface area contributed by atoms with Crippen LogP contribution in [0.1, 0.15) is 30.7 Å². The molecule has 4 aromatic rings. The zero-order valence-corrected chi connectivity index (χ0v) is 20.5. The molecule has 5 rings (SSSR count). The van der Waals surface area contributed by atoms with Crippen LogP contribution in [0.15, 0.2) is 55.5 Å². The molecule has 1 aromatic carbocycles. The summed E-state index contributed by atoms with van der Waals surface area (Å²) in [6.07, 6.45) is 8.47. The summed E-state index contributed by atoms with van der Waals surface area (Å²) in [5.74, 6) is -0.434. The maximum absolute atomic E-state index is 15.3. The van der Waals surface area contributed by atoms with E-state index in [1.807, 2.05) is 11.6 Å². The van der Waals surface area contributed by atoms with Crippen molar-refractivity contribution in [2.45, 2.75) is 32.2 Å². The smallest absolute Gasteiger partial charge is 0.322 e. The highest BCUT2D eigenvalue weighted by Gasteiger charge is 2.26. The molecule has 3 N–H and O–H groups in total. The summed E-state index contributed by atoms with van der Waals surface area (Å²) in [7, 11) is 1.91. The number of benzene rings is 1. The van der Waals surface area contributed by atoms with Gasteiger partial charge in [0.2, 0.25) is 5.91 Å². The van der Waals surface area contributed by atoms with E-state index in [1.165, 1.54) is 18.5 Å². The summed E-state index contributed by atoms with van der Waals surface area (Å²) >= 11 is 0. The van der Waals surface area contributed by atoms with Gasteiger partial charge < -0.3 is 20.4 Å². The van der Waals surface area contributed by atoms with E-state index < -0.39 is 5.82 Å². The Morgan fingerprint density at radius 1 is 1.30 bits per heavy atom. The van der Waals surface area contributed by atoms with Gasteiger partial charge in [-0.1, -0.05) is 18.7 Å². The van der Waals surface area contributed by atoms with Crippen LogP contribution in [0.4, 0.5) is 10.2 Å². The number of rotatable bonds is 6. The highest BCUT2D eigenvalue weighted by Crippen LogP contribution is 2.42. The van der Waals surface area contributed by atoms with E-state index in [9.17, 15) is 4.79 Å². The van der Waals surface area contributed by atoms with Crippen LogP contribution < -0.4 is 15.8 Å². The number of nitrogens with two attached hydrogens (primary N) is 1. The van der Waals surface area contributed by atoms with Gasteiger partial charge in [-0.2, -0.15) is 0 Å². The van der Waals surface area contributed by atoms with Crippen LogP contribution in [-0.4, -0.2) is 36.5 Å². The summed E-state index contributed by atoms with van der Waals surface area (Å²) in [6, 6.07) is 6.56. The predicted octanol–water partition coefficient (Wildman–Crippen LogP) is 4.49. The minimum Gasteiger partial charge on any atom is -0.421 e. The zero-order chi connectivity index (χ0) is 26.1. The van der Waals surface area contributed by atoms with Gasteiger partial charge >= 0.3 is 6.01 Å². The van der Waals surface area contributed by atoms with Crippen LogP contribution in [0.5, 0.6) is 11.8 Å². The fourth-order valence-corrected chi connectivity index (χ4v) is 4.69. The molecule has 0 saturated heterocycles. The molecule has 3 heterocycles. The third-order valence-corrected chi connectivity index (χ3v) is 6.44. The number of hydrogen-bond donors (Lipinski definition) is 2.